The smallest absolute Gasteiger partial charge is 0.233 e. The third kappa shape index (κ3) is 2.60. The van der Waals surface area contributed by atoms with Gasteiger partial charge in [-0.25, -0.2) is 0 Å². The first-order chi connectivity index (χ1) is 8.44. The Morgan fingerprint density at radius 1 is 1.44 bits per heavy atom. The van der Waals surface area contributed by atoms with Crippen LogP contribution >= 0.6 is 0 Å². The molecule has 0 unspecified atom stereocenters. The molecule has 0 radical (unpaired) electrons. The average molecular weight is 255 g/mol. The van der Waals surface area contributed by atoms with Crippen molar-refractivity contribution >= 4 is 11.7 Å². The van der Waals surface area contributed by atoms with E-state index < -0.39 is 5.41 Å². The first-order valence-corrected chi connectivity index (χ1v) is 6.70. The van der Waals surface area contributed by atoms with E-state index in [1.54, 1.807) is 0 Å². The van der Waals surface area contributed by atoms with E-state index in [0.717, 1.165) is 12.8 Å². The largest absolute Gasteiger partial charge is 0.409 e. The van der Waals surface area contributed by atoms with Gasteiger partial charge in [-0.05, 0) is 31.1 Å². The molecule has 1 amide bonds. The Labute approximate surface area is 109 Å². The molecule has 0 heterocycles. The molecule has 1 fully saturated rings. The maximum atomic E-state index is 12.3. The van der Waals surface area contributed by atoms with E-state index in [2.05, 4.69) is 17.4 Å². The minimum atomic E-state index is -0.880. The van der Waals surface area contributed by atoms with Crippen LogP contribution < -0.4 is 11.1 Å². The summed E-state index contributed by atoms with van der Waals surface area (Å²) in [6, 6.07) is 0. The molecule has 0 saturated heterocycles. The monoisotopic (exact) mass is 255 g/mol. The molecule has 0 aromatic heterocycles. The molecule has 5 heteroatoms. The third-order valence-corrected chi connectivity index (χ3v) is 4.48. The number of carbonyl (C=O) groups is 1. The number of nitrogens with one attached hydrogen (secondary N) is 1. The van der Waals surface area contributed by atoms with Crippen molar-refractivity contribution in [3.05, 3.63) is 0 Å². The summed E-state index contributed by atoms with van der Waals surface area (Å²) in [5, 5.41) is 14.9. The summed E-state index contributed by atoms with van der Waals surface area (Å²) in [7, 11) is 0. The highest BCUT2D eigenvalue weighted by Crippen LogP contribution is 2.39. The fourth-order valence-electron chi connectivity index (χ4n) is 2.57. The predicted octanol–water partition coefficient (Wildman–Crippen LogP) is 1.85. The summed E-state index contributed by atoms with van der Waals surface area (Å²) in [4.78, 5) is 12.3. The van der Waals surface area contributed by atoms with Crippen molar-refractivity contribution in [2.75, 3.05) is 6.54 Å². The number of oxime groups is 1. The summed E-state index contributed by atoms with van der Waals surface area (Å²) in [6.45, 7) is 6.62. The molecule has 0 spiro atoms. The van der Waals surface area contributed by atoms with E-state index in [9.17, 15) is 4.79 Å². The maximum absolute atomic E-state index is 12.3. The standard InChI is InChI=1S/C13H25N3O2/c1-4-13(5-2,10(14)16-18)11(17)15-9-12(3)7-6-8-12/h18H,4-9H2,1-3H3,(H2,14,16)(H,15,17). The van der Waals surface area contributed by atoms with Crippen LogP contribution in [-0.2, 0) is 4.79 Å². The lowest BCUT2D eigenvalue weighted by Gasteiger charge is -2.39. The van der Waals surface area contributed by atoms with E-state index in [-0.39, 0.29) is 17.2 Å². The van der Waals surface area contributed by atoms with Crippen LogP contribution in [0.3, 0.4) is 0 Å². The van der Waals surface area contributed by atoms with Crippen molar-refractivity contribution in [1.29, 1.82) is 0 Å². The number of carbonyl (C=O) groups excluding carboxylic acids is 1. The topological polar surface area (TPSA) is 87.7 Å². The van der Waals surface area contributed by atoms with Crippen LogP contribution in [0.4, 0.5) is 0 Å². The molecule has 0 bridgehead atoms. The molecule has 104 valence electrons. The molecule has 0 aliphatic heterocycles. The zero-order valence-corrected chi connectivity index (χ0v) is 11.6. The van der Waals surface area contributed by atoms with E-state index in [0.29, 0.717) is 19.4 Å². The lowest BCUT2D eigenvalue weighted by molar-refractivity contribution is -0.128. The molecule has 1 aliphatic rings. The average Bonchev–Trinajstić information content (AvgIpc) is 2.35. The summed E-state index contributed by atoms with van der Waals surface area (Å²) >= 11 is 0. The van der Waals surface area contributed by atoms with Crippen molar-refractivity contribution in [3.63, 3.8) is 0 Å². The zero-order valence-electron chi connectivity index (χ0n) is 11.6. The van der Waals surface area contributed by atoms with Crippen LogP contribution in [0.25, 0.3) is 0 Å². The molecule has 0 aromatic rings. The molecule has 1 saturated carbocycles. The van der Waals surface area contributed by atoms with Gasteiger partial charge in [-0.2, -0.15) is 0 Å². The van der Waals surface area contributed by atoms with Gasteiger partial charge >= 0.3 is 0 Å². The fraction of sp³-hybridized carbons (Fsp3) is 0.846. The molecular formula is C13H25N3O2. The van der Waals surface area contributed by atoms with E-state index in [1.807, 2.05) is 13.8 Å². The molecule has 5 nitrogen and oxygen atoms in total. The van der Waals surface area contributed by atoms with Gasteiger partial charge in [0, 0.05) is 6.54 Å². The van der Waals surface area contributed by atoms with Crippen LogP contribution in [0.1, 0.15) is 52.9 Å². The molecule has 1 aliphatic carbocycles. The minimum Gasteiger partial charge on any atom is -0.409 e. The van der Waals surface area contributed by atoms with Crippen LogP contribution in [0, 0.1) is 10.8 Å². The number of rotatable bonds is 6. The molecule has 1 rings (SSSR count). The number of amides is 1. The Morgan fingerprint density at radius 2 is 2.00 bits per heavy atom. The van der Waals surface area contributed by atoms with E-state index >= 15 is 0 Å². The van der Waals surface area contributed by atoms with E-state index in [4.69, 9.17) is 10.9 Å². The Hall–Kier alpha value is -1.26. The molecule has 0 atom stereocenters. The van der Waals surface area contributed by atoms with Crippen molar-refractivity contribution in [3.8, 4) is 0 Å². The highest BCUT2D eigenvalue weighted by atomic mass is 16.4. The van der Waals surface area contributed by atoms with Crippen molar-refractivity contribution in [2.24, 2.45) is 21.7 Å². The highest BCUT2D eigenvalue weighted by Gasteiger charge is 2.41. The zero-order chi connectivity index (χ0) is 13.8. The van der Waals surface area contributed by atoms with Crippen LogP contribution in [-0.4, -0.2) is 23.5 Å². The lowest BCUT2D eigenvalue weighted by atomic mass is 9.70. The van der Waals surface area contributed by atoms with Gasteiger partial charge in [-0.15, -0.1) is 0 Å². The second-order valence-electron chi connectivity index (χ2n) is 5.62. The number of nitrogens with two attached hydrogens (primary N) is 1. The van der Waals surface area contributed by atoms with Crippen molar-refractivity contribution in [2.45, 2.75) is 52.9 Å². The quantitative estimate of drug-likeness (QED) is 0.293. The summed E-state index contributed by atoms with van der Waals surface area (Å²) in [5.41, 5.74) is 5.05. The minimum absolute atomic E-state index is 0.00348. The third-order valence-electron chi connectivity index (χ3n) is 4.48. The predicted molar refractivity (Wildman–Crippen MR) is 71.4 cm³/mol. The number of amidine groups is 1. The van der Waals surface area contributed by atoms with E-state index in [1.165, 1.54) is 6.42 Å². The Balaban J connectivity index is 2.71. The fourth-order valence-corrected chi connectivity index (χ4v) is 2.57. The Morgan fingerprint density at radius 3 is 2.33 bits per heavy atom. The van der Waals surface area contributed by atoms with Gasteiger partial charge in [0.1, 0.15) is 5.41 Å². The summed E-state index contributed by atoms with van der Waals surface area (Å²) < 4.78 is 0. The van der Waals surface area contributed by atoms with Crippen LogP contribution in [0.5, 0.6) is 0 Å². The molecule has 0 aromatic carbocycles. The first kappa shape index (κ1) is 14.8. The van der Waals surface area contributed by atoms with Crippen LogP contribution in [0.15, 0.2) is 5.16 Å². The van der Waals surface area contributed by atoms with Crippen molar-refractivity contribution < 1.29 is 10.0 Å². The normalized spacial score (nSPS) is 19.2. The van der Waals surface area contributed by atoms with Gasteiger partial charge in [0.15, 0.2) is 5.84 Å². The van der Waals surface area contributed by atoms with Gasteiger partial charge in [-0.1, -0.05) is 32.3 Å². The summed E-state index contributed by atoms with van der Waals surface area (Å²) in [5.74, 6) is -0.125. The number of hydrogen-bond acceptors (Lipinski definition) is 3. The second kappa shape index (κ2) is 5.59. The Kier molecular flexibility index (Phi) is 4.59. The molecule has 18 heavy (non-hydrogen) atoms. The Bertz CT molecular complexity index is 331. The van der Waals surface area contributed by atoms with Gasteiger partial charge in [0.2, 0.25) is 5.91 Å². The number of hydrogen-bond donors (Lipinski definition) is 3. The number of nitrogens with zero attached hydrogens (tertiary/aromatic N) is 1. The van der Waals surface area contributed by atoms with Gasteiger partial charge in [-0.3, -0.25) is 4.79 Å². The molecular weight excluding hydrogens is 230 g/mol. The highest BCUT2D eigenvalue weighted by molar-refractivity contribution is 6.06. The lowest BCUT2D eigenvalue weighted by Crippen LogP contribution is -2.52. The molecule has 4 N–H and O–H groups in total. The van der Waals surface area contributed by atoms with Gasteiger partial charge in [0.05, 0.1) is 0 Å². The second-order valence-corrected chi connectivity index (χ2v) is 5.62. The van der Waals surface area contributed by atoms with Crippen molar-refractivity contribution in [1.82, 2.24) is 5.32 Å². The van der Waals surface area contributed by atoms with Crippen LogP contribution in [0.2, 0.25) is 0 Å². The SMILES string of the molecule is CCC(CC)(C(=O)NCC1(C)CCC1)C(N)=NO. The van der Waals surface area contributed by atoms with Gasteiger partial charge in [0.25, 0.3) is 0 Å². The maximum Gasteiger partial charge on any atom is 0.233 e. The van der Waals surface area contributed by atoms with Gasteiger partial charge < -0.3 is 16.3 Å². The first-order valence-electron chi connectivity index (χ1n) is 6.70. The summed E-state index contributed by atoms with van der Waals surface area (Å²) in [6.07, 6.45) is 4.60.